The minimum Gasteiger partial charge on any atom is -0.486 e. The Balaban J connectivity index is 1.22. The number of amides is 1. The lowest BCUT2D eigenvalue weighted by Crippen LogP contribution is -2.41. The number of thiophene rings is 1. The van der Waals surface area contributed by atoms with Gasteiger partial charge in [-0.15, -0.1) is 22.7 Å². The Hall–Kier alpha value is -3.41. The third-order valence-electron chi connectivity index (χ3n) is 6.42. The van der Waals surface area contributed by atoms with Crippen molar-refractivity contribution in [3.8, 4) is 16.9 Å². The topological polar surface area (TPSA) is 83.0 Å². The van der Waals surface area contributed by atoms with Gasteiger partial charge in [0, 0.05) is 34.1 Å². The first-order valence-corrected chi connectivity index (χ1v) is 13.9. The predicted octanol–water partition coefficient (Wildman–Crippen LogP) is 5.50. The Morgan fingerprint density at radius 3 is 2.61 bits per heavy atom. The molecule has 0 unspecified atom stereocenters. The van der Waals surface area contributed by atoms with Gasteiger partial charge in [-0.25, -0.2) is 13.8 Å². The fourth-order valence-electron chi connectivity index (χ4n) is 4.49. The summed E-state index contributed by atoms with van der Waals surface area (Å²) in [6.07, 6.45) is 2.24. The second-order valence-electron chi connectivity index (χ2n) is 8.99. The zero-order valence-electron chi connectivity index (χ0n) is 20.4. The number of aliphatic carboxylic acids is 1. The van der Waals surface area contributed by atoms with E-state index >= 15 is 0 Å². The molecule has 0 aliphatic carbocycles. The smallest absolute Gasteiger partial charge is 0.323 e. The van der Waals surface area contributed by atoms with E-state index in [0.717, 1.165) is 31.5 Å². The number of rotatable bonds is 10. The highest BCUT2D eigenvalue weighted by Gasteiger charge is 2.23. The van der Waals surface area contributed by atoms with Crippen LogP contribution < -0.4 is 4.74 Å². The van der Waals surface area contributed by atoms with E-state index < -0.39 is 23.5 Å². The molecule has 0 atom stereocenters. The number of fused-ring (bicyclic) bond motifs is 1. The third kappa shape index (κ3) is 5.85. The number of halogens is 2. The van der Waals surface area contributed by atoms with Crippen LogP contribution in [-0.2, 0) is 11.4 Å². The number of benzene rings is 2. The van der Waals surface area contributed by atoms with Crippen molar-refractivity contribution in [2.75, 3.05) is 32.7 Å². The molecule has 1 aliphatic rings. The van der Waals surface area contributed by atoms with Crippen LogP contribution in [0, 0.1) is 11.6 Å². The molecule has 0 spiro atoms. The van der Waals surface area contributed by atoms with Crippen molar-refractivity contribution in [3.05, 3.63) is 69.5 Å². The van der Waals surface area contributed by atoms with Crippen molar-refractivity contribution in [1.29, 1.82) is 0 Å². The summed E-state index contributed by atoms with van der Waals surface area (Å²) in [5, 5.41) is 13.5. The fraction of sp³-hybridized carbons (Fsp3) is 0.296. The molecule has 5 rings (SSSR count). The Bertz CT molecular complexity index is 1450. The average molecular weight is 558 g/mol. The van der Waals surface area contributed by atoms with Crippen LogP contribution in [0.1, 0.15) is 28.3 Å². The maximum atomic E-state index is 14.1. The first kappa shape index (κ1) is 26.2. The van der Waals surface area contributed by atoms with E-state index in [4.69, 9.17) is 4.74 Å². The van der Waals surface area contributed by atoms with Gasteiger partial charge in [0.1, 0.15) is 29.6 Å². The SMILES string of the molecule is O=C(O)CN(CCN1CCCC1)C(=O)c1csc(COc2ccc(-c3cc(F)c(F)c4ccsc34)cc2)n1. The maximum Gasteiger partial charge on any atom is 0.323 e. The first-order chi connectivity index (χ1) is 18.4. The monoisotopic (exact) mass is 557 g/mol. The minimum atomic E-state index is -1.06. The molecule has 1 aliphatic heterocycles. The van der Waals surface area contributed by atoms with E-state index in [9.17, 15) is 23.5 Å². The lowest BCUT2D eigenvalue weighted by Gasteiger charge is -2.23. The Morgan fingerprint density at radius 1 is 1.11 bits per heavy atom. The number of thiazole rings is 1. The number of carboxylic acids is 1. The van der Waals surface area contributed by atoms with Gasteiger partial charge in [0.05, 0.1) is 0 Å². The molecule has 0 bridgehead atoms. The molecule has 2 aromatic heterocycles. The molecule has 0 radical (unpaired) electrons. The standard InChI is InChI=1S/C27H25F2N3O4S2/c28-21-13-20(26-19(25(21)29)7-12-37-26)17-3-5-18(6-4-17)36-15-23-30-22(16-38-23)27(35)32(14-24(33)34)11-10-31-8-1-2-9-31/h3-7,12-13,16H,1-2,8-11,14-15H2,(H,33,34). The number of likely N-dealkylation sites (tertiary alicyclic amines) is 1. The van der Waals surface area contributed by atoms with Crippen LogP contribution >= 0.6 is 22.7 Å². The van der Waals surface area contributed by atoms with Gasteiger partial charge >= 0.3 is 5.97 Å². The van der Waals surface area contributed by atoms with Crippen LogP contribution in [0.2, 0.25) is 0 Å². The van der Waals surface area contributed by atoms with E-state index in [1.54, 1.807) is 41.1 Å². The maximum absolute atomic E-state index is 14.1. The summed E-state index contributed by atoms with van der Waals surface area (Å²) in [7, 11) is 0. The molecule has 11 heteroatoms. The third-order valence-corrected chi connectivity index (χ3v) is 8.19. The van der Waals surface area contributed by atoms with E-state index in [2.05, 4.69) is 9.88 Å². The number of hydrogen-bond donors (Lipinski definition) is 1. The van der Waals surface area contributed by atoms with Gasteiger partial charge in [0.25, 0.3) is 5.91 Å². The van der Waals surface area contributed by atoms with E-state index in [0.29, 0.717) is 34.1 Å². The van der Waals surface area contributed by atoms with Crippen molar-refractivity contribution in [2.45, 2.75) is 19.4 Å². The molecular formula is C27H25F2N3O4S2. The van der Waals surface area contributed by atoms with Crippen LogP contribution in [0.4, 0.5) is 8.78 Å². The summed E-state index contributed by atoms with van der Waals surface area (Å²) in [5.41, 5.74) is 1.54. The van der Waals surface area contributed by atoms with Gasteiger partial charge in [-0.05, 0) is 61.1 Å². The molecular weight excluding hydrogens is 532 g/mol. The molecule has 1 N–H and O–H groups in total. The van der Waals surface area contributed by atoms with Crippen LogP contribution in [0.3, 0.4) is 0 Å². The van der Waals surface area contributed by atoms with Gasteiger partial charge in [-0.3, -0.25) is 9.59 Å². The van der Waals surface area contributed by atoms with Crippen molar-refractivity contribution in [2.24, 2.45) is 0 Å². The molecule has 3 heterocycles. The van der Waals surface area contributed by atoms with Gasteiger partial charge in [0.15, 0.2) is 11.6 Å². The van der Waals surface area contributed by atoms with E-state index in [1.807, 2.05) is 0 Å². The van der Waals surface area contributed by atoms with Gasteiger partial charge in [-0.1, -0.05) is 12.1 Å². The highest BCUT2D eigenvalue weighted by molar-refractivity contribution is 7.17. The Kier molecular flexibility index (Phi) is 7.96. The second kappa shape index (κ2) is 11.5. The van der Waals surface area contributed by atoms with Crippen molar-refractivity contribution >= 4 is 44.6 Å². The lowest BCUT2D eigenvalue weighted by atomic mass is 10.0. The number of carboxylic acid groups (broad SMARTS) is 1. The molecule has 1 fully saturated rings. The zero-order chi connectivity index (χ0) is 26.6. The van der Waals surface area contributed by atoms with Gasteiger partial charge in [0.2, 0.25) is 0 Å². The second-order valence-corrected chi connectivity index (χ2v) is 10.9. The van der Waals surface area contributed by atoms with Crippen molar-refractivity contribution in [3.63, 3.8) is 0 Å². The molecule has 1 saturated heterocycles. The summed E-state index contributed by atoms with van der Waals surface area (Å²) in [6, 6.07) is 9.81. The Labute approximate surface area is 225 Å². The molecule has 198 valence electrons. The van der Waals surface area contributed by atoms with Crippen molar-refractivity contribution in [1.82, 2.24) is 14.8 Å². The molecule has 7 nitrogen and oxygen atoms in total. The molecule has 0 saturated carbocycles. The molecule has 1 amide bonds. The first-order valence-electron chi connectivity index (χ1n) is 12.2. The largest absolute Gasteiger partial charge is 0.486 e. The summed E-state index contributed by atoms with van der Waals surface area (Å²) in [6.45, 7) is 2.65. The van der Waals surface area contributed by atoms with Crippen LogP contribution in [0.5, 0.6) is 5.75 Å². The number of aromatic nitrogens is 1. The van der Waals surface area contributed by atoms with E-state index in [-0.39, 0.29) is 24.2 Å². The number of hydrogen-bond acceptors (Lipinski definition) is 7. The Morgan fingerprint density at radius 2 is 1.87 bits per heavy atom. The molecule has 2 aromatic carbocycles. The van der Waals surface area contributed by atoms with Crippen LogP contribution in [0.15, 0.2) is 47.2 Å². The average Bonchev–Trinajstić information content (AvgIpc) is 3.69. The summed E-state index contributed by atoms with van der Waals surface area (Å²) in [4.78, 5) is 32.2. The van der Waals surface area contributed by atoms with Crippen LogP contribution in [-0.4, -0.2) is 64.5 Å². The lowest BCUT2D eigenvalue weighted by molar-refractivity contribution is -0.137. The molecule has 4 aromatic rings. The van der Waals surface area contributed by atoms with E-state index in [1.165, 1.54) is 33.6 Å². The van der Waals surface area contributed by atoms with Crippen LogP contribution in [0.25, 0.3) is 21.2 Å². The number of nitrogens with zero attached hydrogens (tertiary/aromatic N) is 3. The quantitative estimate of drug-likeness (QED) is 0.277. The normalized spacial score (nSPS) is 13.7. The van der Waals surface area contributed by atoms with Gasteiger partial charge < -0.3 is 19.6 Å². The highest BCUT2D eigenvalue weighted by Crippen LogP contribution is 2.36. The molecule has 38 heavy (non-hydrogen) atoms. The number of carbonyl (C=O) groups excluding carboxylic acids is 1. The summed E-state index contributed by atoms with van der Waals surface area (Å²) >= 11 is 2.62. The summed E-state index contributed by atoms with van der Waals surface area (Å²) in [5.74, 6) is -2.66. The fourth-order valence-corrected chi connectivity index (χ4v) is 6.09. The zero-order valence-corrected chi connectivity index (χ0v) is 22.0. The minimum absolute atomic E-state index is 0.129. The number of carbonyl (C=O) groups is 2. The highest BCUT2D eigenvalue weighted by atomic mass is 32.1. The van der Waals surface area contributed by atoms with Crippen molar-refractivity contribution < 1.29 is 28.2 Å². The van der Waals surface area contributed by atoms with Gasteiger partial charge in [-0.2, -0.15) is 0 Å². The predicted molar refractivity (Wildman–Crippen MR) is 143 cm³/mol. The number of ether oxygens (including phenoxy) is 1. The summed E-state index contributed by atoms with van der Waals surface area (Å²) < 4.78 is 34.6.